The van der Waals surface area contributed by atoms with Gasteiger partial charge in [0.15, 0.2) is 0 Å². The minimum absolute atomic E-state index is 0.174. The van der Waals surface area contributed by atoms with Gasteiger partial charge in [-0.25, -0.2) is 4.98 Å². The molecule has 0 bridgehead atoms. The summed E-state index contributed by atoms with van der Waals surface area (Å²) >= 11 is 0. The monoisotopic (exact) mass is 322 g/mol. The smallest absolute Gasteiger partial charge is 0.250 e. The number of amides is 2. The molecule has 0 aliphatic carbocycles. The van der Waals surface area contributed by atoms with Gasteiger partial charge >= 0.3 is 0 Å². The molecule has 23 heavy (non-hydrogen) atoms. The van der Waals surface area contributed by atoms with E-state index in [-0.39, 0.29) is 24.2 Å². The third kappa shape index (κ3) is 7.08. The van der Waals surface area contributed by atoms with Crippen LogP contribution in [0.2, 0.25) is 0 Å². The van der Waals surface area contributed by atoms with Crippen molar-refractivity contribution in [3.63, 3.8) is 0 Å². The molecule has 7 heteroatoms. The number of nitrogens with zero attached hydrogens (tertiary/aromatic N) is 3. The highest BCUT2D eigenvalue weighted by Crippen LogP contribution is 2.05. The second-order valence-corrected chi connectivity index (χ2v) is 6.41. The molecule has 0 atom stereocenters. The van der Waals surface area contributed by atoms with Crippen molar-refractivity contribution >= 4 is 17.7 Å². The first-order chi connectivity index (χ1) is 10.8. The molecule has 2 amide bonds. The average Bonchev–Trinajstić information content (AvgIpc) is 2.98. The van der Waals surface area contributed by atoms with Gasteiger partial charge < -0.3 is 0 Å². The predicted molar refractivity (Wildman–Crippen MR) is 86.2 cm³/mol. The summed E-state index contributed by atoms with van der Waals surface area (Å²) in [5, 5.41) is 1.25. The Morgan fingerprint density at radius 1 is 1.17 bits per heavy atom. The van der Waals surface area contributed by atoms with Gasteiger partial charge in [-0.05, 0) is 18.3 Å². The van der Waals surface area contributed by atoms with E-state index in [4.69, 9.17) is 0 Å². The molecule has 0 aliphatic rings. The molecular weight excluding hydrogens is 296 g/mol. The maximum absolute atomic E-state index is 12.3. The van der Waals surface area contributed by atoms with E-state index in [9.17, 15) is 14.4 Å². The SMILES string of the molecule is CC(C)CCC(=O)NN(CC(C)C)C(=O)CC(=O)n1ccnc1. The Hall–Kier alpha value is -2.18. The van der Waals surface area contributed by atoms with Crippen molar-refractivity contribution in [3.8, 4) is 0 Å². The normalized spacial score (nSPS) is 10.9. The molecule has 0 unspecified atom stereocenters. The van der Waals surface area contributed by atoms with Gasteiger partial charge in [0.05, 0.1) is 0 Å². The summed E-state index contributed by atoms with van der Waals surface area (Å²) in [5.74, 6) is -0.415. The molecule has 128 valence electrons. The molecule has 0 aromatic carbocycles. The summed E-state index contributed by atoms with van der Waals surface area (Å²) < 4.78 is 1.26. The van der Waals surface area contributed by atoms with Crippen LogP contribution in [-0.2, 0) is 9.59 Å². The topological polar surface area (TPSA) is 84.3 Å². The molecule has 0 spiro atoms. The molecule has 1 aromatic heterocycles. The Morgan fingerprint density at radius 2 is 1.87 bits per heavy atom. The van der Waals surface area contributed by atoms with Crippen LogP contribution in [0.4, 0.5) is 0 Å². The molecule has 1 aromatic rings. The first-order valence-electron chi connectivity index (χ1n) is 7.90. The second kappa shape index (κ2) is 9.07. The van der Waals surface area contributed by atoms with Crippen molar-refractivity contribution in [1.29, 1.82) is 0 Å². The van der Waals surface area contributed by atoms with E-state index in [1.54, 1.807) is 0 Å². The molecule has 7 nitrogen and oxygen atoms in total. The van der Waals surface area contributed by atoms with Crippen LogP contribution in [0.5, 0.6) is 0 Å². The lowest BCUT2D eigenvalue weighted by molar-refractivity contribution is -0.141. The molecule has 0 fully saturated rings. The van der Waals surface area contributed by atoms with Gasteiger partial charge in [-0.1, -0.05) is 27.7 Å². The molecule has 0 saturated heterocycles. The number of aromatic nitrogens is 2. The van der Waals surface area contributed by atoms with Gasteiger partial charge in [-0.3, -0.25) is 29.4 Å². The first kappa shape index (κ1) is 18.9. The number of imidazole rings is 1. The van der Waals surface area contributed by atoms with Crippen LogP contribution in [0.3, 0.4) is 0 Å². The van der Waals surface area contributed by atoms with E-state index < -0.39 is 5.91 Å². The van der Waals surface area contributed by atoms with Gasteiger partial charge in [0.1, 0.15) is 12.7 Å². The zero-order valence-electron chi connectivity index (χ0n) is 14.3. The quantitative estimate of drug-likeness (QED) is 0.613. The first-order valence-corrected chi connectivity index (χ1v) is 7.90. The summed E-state index contributed by atoms with van der Waals surface area (Å²) in [6, 6.07) is 0. The summed E-state index contributed by atoms with van der Waals surface area (Å²) in [7, 11) is 0. The summed E-state index contributed by atoms with van der Waals surface area (Å²) in [6.07, 6.45) is 5.11. The van der Waals surface area contributed by atoms with Gasteiger partial charge in [0.2, 0.25) is 17.7 Å². The van der Waals surface area contributed by atoms with Gasteiger partial charge in [0, 0.05) is 25.4 Å². The van der Waals surface area contributed by atoms with E-state index >= 15 is 0 Å². The second-order valence-electron chi connectivity index (χ2n) is 6.41. The lowest BCUT2D eigenvalue weighted by atomic mass is 10.1. The fourth-order valence-corrected chi connectivity index (χ4v) is 1.92. The van der Waals surface area contributed by atoms with Crippen molar-refractivity contribution < 1.29 is 14.4 Å². The highest BCUT2D eigenvalue weighted by atomic mass is 16.2. The summed E-state index contributed by atoms with van der Waals surface area (Å²) in [4.78, 5) is 40.0. The van der Waals surface area contributed by atoms with E-state index in [1.807, 2.05) is 27.7 Å². The molecule has 0 radical (unpaired) electrons. The maximum atomic E-state index is 12.3. The molecule has 1 heterocycles. The van der Waals surface area contributed by atoms with Gasteiger partial charge in [-0.15, -0.1) is 0 Å². The van der Waals surface area contributed by atoms with Crippen LogP contribution < -0.4 is 5.43 Å². The highest BCUT2D eigenvalue weighted by Gasteiger charge is 2.21. The molecule has 0 saturated carbocycles. The van der Waals surface area contributed by atoms with Crippen molar-refractivity contribution in [1.82, 2.24) is 20.0 Å². The maximum Gasteiger partial charge on any atom is 0.250 e. The van der Waals surface area contributed by atoms with E-state index in [2.05, 4.69) is 10.4 Å². The van der Waals surface area contributed by atoms with E-state index in [0.717, 1.165) is 6.42 Å². The Morgan fingerprint density at radius 3 is 2.39 bits per heavy atom. The van der Waals surface area contributed by atoms with Crippen LogP contribution in [-0.4, -0.2) is 38.8 Å². The van der Waals surface area contributed by atoms with E-state index in [1.165, 1.54) is 28.3 Å². The van der Waals surface area contributed by atoms with Crippen LogP contribution >= 0.6 is 0 Å². The van der Waals surface area contributed by atoms with Crippen molar-refractivity contribution in [2.75, 3.05) is 6.54 Å². The van der Waals surface area contributed by atoms with Gasteiger partial charge in [0.25, 0.3) is 0 Å². The Labute approximate surface area is 137 Å². The Balaban J connectivity index is 2.63. The third-order valence-corrected chi connectivity index (χ3v) is 3.15. The lowest BCUT2D eigenvalue weighted by Gasteiger charge is -2.25. The molecule has 0 aliphatic heterocycles. The lowest BCUT2D eigenvalue weighted by Crippen LogP contribution is -2.48. The van der Waals surface area contributed by atoms with Crippen LogP contribution in [0.15, 0.2) is 18.7 Å². The molecule has 1 N–H and O–H groups in total. The number of nitrogens with one attached hydrogen (secondary N) is 1. The number of hydrazine groups is 1. The minimum Gasteiger partial charge on any atom is -0.276 e. The van der Waals surface area contributed by atoms with Crippen LogP contribution in [0.1, 0.15) is 51.8 Å². The minimum atomic E-state index is -0.421. The zero-order valence-corrected chi connectivity index (χ0v) is 14.3. The Bertz CT molecular complexity index is 523. The van der Waals surface area contributed by atoms with Crippen LogP contribution in [0.25, 0.3) is 0 Å². The Kier molecular flexibility index (Phi) is 7.44. The standard InChI is InChI=1S/C16H26N4O3/c1-12(2)5-6-14(21)18-20(10-13(3)4)16(23)9-15(22)19-8-7-17-11-19/h7-8,11-13H,5-6,9-10H2,1-4H3,(H,18,21). The third-order valence-electron chi connectivity index (χ3n) is 3.15. The van der Waals surface area contributed by atoms with Crippen molar-refractivity contribution in [2.24, 2.45) is 11.8 Å². The summed E-state index contributed by atoms with van der Waals surface area (Å²) in [6.45, 7) is 8.32. The summed E-state index contributed by atoms with van der Waals surface area (Å²) in [5.41, 5.74) is 2.62. The number of carbonyl (C=O) groups is 3. The van der Waals surface area contributed by atoms with E-state index in [0.29, 0.717) is 18.9 Å². The fourth-order valence-electron chi connectivity index (χ4n) is 1.92. The van der Waals surface area contributed by atoms with Crippen LogP contribution in [0, 0.1) is 11.8 Å². The number of carbonyl (C=O) groups excluding carboxylic acids is 3. The number of rotatable bonds is 7. The van der Waals surface area contributed by atoms with Crippen molar-refractivity contribution in [2.45, 2.75) is 47.0 Å². The molecular formula is C16H26N4O3. The number of hydrogen-bond donors (Lipinski definition) is 1. The zero-order chi connectivity index (χ0) is 17.4. The highest BCUT2D eigenvalue weighted by molar-refractivity contribution is 5.98. The predicted octanol–water partition coefficient (Wildman–Crippen LogP) is 1.87. The van der Waals surface area contributed by atoms with Crippen molar-refractivity contribution in [3.05, 3.63) is 18.7 Å². The number of hydrogen-bond acceptors (Lipinski definition) is 4. The fraction of sp³-hybridized carbons (Fsp3) is 0.625. The average molecular weight is 322 g/mol. The largest absolute Gasteiger partial charge is 0.276 e. The molecule has 1 rings (SSSR count). The van der Waals surface area contributed by atoms with Gasteiger partial charge in [-0.2, -0.15) is 0 Å².